The first-order valence-corrected chi connectivity index (χ1v) is 3.74. The van der Waals surface area contributed by atoms with Crippen LogP contribution in [0.25, 0.3) is 0 Å². The van der Waals surface area contributed by atoms with Crippen LogP contribution in [0.2, 0.25) is 0 Å². The van der Waals surface area contributed by atoms with Crippen LogP contribution in [-0.4, -0.2) is 19.2 Å². The number of hydrogen-bond donors (Lipinski definition) is 0. The smallest absolute Gasteiger partial charge is 0.333 e. The van der Waals surface area contributed by atoms with E-state index in [1.165, 1.54) is 12.3 Å². The van der Waals surface area contributed by atoms with Crippen molar-refractivity contribution in [3.63, 3.8) is 0 Å². The predicted octanol–water partition coefficient (Wildman–Crippen LogP) is 1.10. The molecule has 0 spiro atoms. The Labute approximate surface area is 66.0 Å². The third-order valence-electron chi connectivity index (χ3n) is 1.54. The van der Waals surface area contributed by atoms with Crippen molar-refractivity contribution in [3.8, 4) is 0 Å². The molecule has 1 rings (SSSR count). The summed E-state index contributed by atoms with van der Waals surface area (Å²) in [7, 11) is 0. The minimum Gasteiger partial charge on any atom is -0.501 e. The number of esters is 1. The Bertz CT molecular complexity index is 163. The summed E-state index contributed by atoms with van der Waals surface area (Å²) < 4.78 is 9.88. The molecule has 3 heteroatoms. The lowest BCUT2D eigenvalue weighted by Gasteiger charge is -2.07. The summed E-state index contributed by atoms with van der Waals surface area (Å²) in [6.07, 6.45) is 3.57. The summed E-state index contributed by atoms with van der Waals surface area (Å²) in [5.41, 5.74) is 0. The first-order chi connectivity index (χ1) is 5.29. The van der Waals surface area contributed by atoms with Crippen LogP contribution in [0, 0.1) is 5.92 Å². The van der Waals surface area contributed by atoms with Crippen molar-refractivity contribution in [2.24, 2.45) is 5.92 Å². The highest BCUT2D eigenvalue weighted by atomic mass is 16.5. The molecule has 0 bridgehead atoms. The number of carbonyl (C=O) groups is 1. The monoisotopic (exact) mass is 156 g/mol. The molecular weight excluding hydrogens is 144 g/mol. The highest BCUT2D eigenvalue weighted by Crippen LogP contribution is 2.04. The van der Waals surface area contributed by atoms with Gasteiger partial charge in [-0.3, -0.25) is 0 Å². The van der Waals surface area contributed by atoms with E-state index < -0.39 is 0 Å². The zero-order chi connectivity index (χ0) is 8.10. The summed E-state index contributed by atoms with van der Waals surface area (Å²) >= 11 is 0. The third kappa shape index (κ3) is 3.07. The normalized spacial score (nSPS) is 25.9. The van der Waals surface area contributed by atoms with Crippen molar-refractivity contribution >= 4 is 5.97 Å². The Morgan fingerprint density at radius 2 is 2.45 bits per heavy atom. The summed E-state index contributed by atoms with van der Waals surface area (Å²) in [5.74, 6) is 0.129. The lowest BCUT2D eigenvalue weighted by Crippen LogP contribution is -2.07. The van der Waals surface area contributed by atoms with Gasteiger partial charge in [0, 0.05) is 0 Å². The second-order valence-electron chi connectivity index (χ2n) is 2.70. The van der Waals surface area contributed by atoms with E-state index in [0.717, 1.165) is 6.42 Å². The van der Waals surface area contributed by atoms with E-state index >= 15 is 0 Å². The molecule has 0 saturated carbocycles. The molecular formula is C8H12O3. The minimum atomic E-state index is -0.320. The molecule has 0 aromatic carbocycles. The number of rotatable bonds is 0. The van der Waals surface area contributed by atoms with Crippen molar-refractivity contribution in [1.29, 1.82) is 0 Å². The molecule has 0 aliphatic carbocycles. The molecule has 0 saturated heterocycles. The van der Waals surface area contributed by atoms with E-state index in [2.05, 4.69) is 6.92 Å². The molecule has 62 valence electrons. The fourth-order valence-electron chi connectivity index (χ4n) is 0.816. The van der Waals surface area contributed by atoms with Crippen LogP contribution in [0.3, 0.4) is 0 Å². The third-order valence-corrected chi connectivity index (χ3v) is 1.54. The molecule has 0 amide bonds. The summed E-state index contributed by atoms with van der Waals surface area (Å²) in [6.45, 7) is 3.22. The molecule has 1 atom stereocenters. The molecule has 3 nitrogen and oxygen atoms in total. The number of hydrogen-bond acceptors (Lipinski definition) is 3. The lowest BCUT2D eigenvalue weighted by atomic mass is 10.1. The van der Waals surface area contributed by atoms with Crippen LogP contribution in [0.1, 0.15) is 13.3 Å². The standard InChI is InChI=1S/C8H12O3/c1-7-2-5-11-8(9)3-4-10-6-7/h3-4,7H,2,5-6H2,1H3. The van der Waals surface area contributed by atoms with E-state index in [0.29, 0.717) is 19.1 Å². The predicted molar refractivity (Wildman–Crippen MR) is 39.8 cm³/mol. The molecule has 0 N–H and O–H groups in total. The summed E-state index contributed by atoms with van der Waals surface area (Å²) in [6, 6.07) is 0. The van der Waals surface area contributed by atoms with Crippen LogP contribution in [0.15, 0.2) is 12.3 Å². The molecule has 1 aliphatic heterocycles. The van der Waals surface area contributed by atoms with Crippen LogP contribution in [-0.2, 0) is 14.3 Å². The van der Waals surface area contributed by atoms with Crippen molar-refractivity contribution in [2.45, 2.75) is 13.3 Å². The van der Waals surface area contributed by atoms with E-state index in [4.69, 9.17) is 9.47 Å². The fraction of sp³-hybridized carbons (Fsp3) is 0.625. The molecule has 1 heterocycles. The Morgan fingerprint density at radius 1 is 1.64 bits per heavy atom. The second-order valence-corrected chi connectivity index (χ2v) is 2.70. The van der Waals surface area contributed by atoms with Crippen LogP contribution in [0.4, 0.5) is 0 Å². The maximum absolute atomic E-state index is 10.7. The van der Waals surface area contributed by atoms with Gasteiger partial charge in [0.2, 0.25) is 0 Å². The minimum absolute atomic E-state index is 0.320. The van der Waals surface area contributed by atoms with Crippen molar-refractivity contribution in [3.05, 3.63) is 12.3 Å². The number of ether oxygens (including phenoxy) is 2. The number of carbonyl (C=O) groups excluding carboxylic acids is 1. The molecule has 0 radical (unpaired) electrons. The molecule has 0 aromatic heterocycles. The van der Waals surface area contributed by atoms with Crippen LogP contribution < -0.4 is 0 Å². The van der Waals surface area contributed by atoms with Gasteiger partial charge < -0.3 is 9.47 Å². The Kier molecular flexibility index (Phi) is 2.95. The van der Waals surface area contributed by atoms with Gasteiger partial charge >= 0.3 is 5.97 Å². The second kappa shape index (κ2) is 4.01. The van der Waals surface area contributed by atoms with E-state index in [-0.39, 0.29) is 5.97 Å². The number of cyclic esters (lactones) is 1. The van der Waals surface area contributed by atoms with Crippen LogP contribution >= 0.6 is 0 Å². The Balaban J connectivity index is 2.41. The maximum atomic E-state index is 10.7. The Morgan fingerprint density at radius 3 is 3.27 bits per heavy atom. The lowest BCUT2D eigenvalue weighted by molar-refractivity contribution is -0.138. The first-order valence-electron chi connectivity index (χ1n) is 3.74. The largest absolute Gasteiger partial charge is 0.501 e. The van der Waals surface area contributed by atoms with E-state index in [9.17, 15) is 4.79 Å². The average molecular weight is 156 g/mol. The quantitative estimate of drug-likeness (QED) is 0.493. The zero-order valence-corrected chi connectivity index (χ0v) is 6.58. The van der Waals surface area contributed by atoms with E-state index in [1.807, 2.05) is 0 Å². The highest BCUT2D eigenvalue weighted by molar-refractivity contribution is 5.81. The van der Waals surface area contributed by atoms with E-state index in [1.54, 1.807) is 0 Å². The zero-order valence-electron chi connectivity index (χ0n) is 6.58. The van der Waals surface area contributed by atoms with Gasteiger partial charge in [0.05, 0.1) is 25.6 Å². The molecule has 0 aromatic rings. The van der Waals surface area contributed by atoms with Crippen LogP contribution in [0.5, 0.6) is 0 Å². The topological polar surface area (TPSA) is 35.5 Å². The van der Waals surface area contributed by atoms with Crippen molar-refractivity contribution in [2.75, 3.05) is 13.2 Å². The first kappa shape index (κ1) is 8.11. The van der Waals surface area contributed by atoms with Gasteiger partial charge in [0.15, 0.2) is 0 Å². The van der Waals surface area contributed by atoms with Gasteiger partial charge in [-0.1, -0.05) is 6.92 Å². The fourth-order valence-corrected chi connectivity index (χ4v) is 0.816. The SMILES string of the molecule is CC1CCOC(=O)C=COC1. The van der Waals surface area contributed by atoms with Gasteiger partial charge in [0.1, 0.15) is 0 Å². The summed E-state index contributed by atoms with van der Waals surface area (Å²) in [5, 5.41) is 0. The summed E-state index contributed by atoms with van der Waals surface area (Å²) in [4.78, 5) is 10.7. The molecule has 0 fully saturated rings. The molecule has 11 heavy (non-hydrogen) atoms. The van der Waals surface area contributed by atoms with Crippen molar-refractivity contribution in [1.82, 2.24) is 0 Å². The molecule has 1 aliphatic rings. The highest BCUT2D eigenvalue weighted by Gasteiger charge is 2.06. The molecule has 1 unspecified atom stereocenters. The van der Waals surface area contributed by atoms with Gasteiger partial charge in [-0.15, -0.1) is 0 Å². The van der Waals surface area contributed by atoms with Gasteiger partial charge in [-0.25, -0.2) is 4.79 Å². The Hall–Kier alpha value is -0.990. The average Bonchev–Trinajstić information content (AvgIpc) is 2.04. The van der Waals surface area contributed by atoms with Gasteiger partial charge in [-0.2, -0.15) is 0 Å². The van der Waals surface area contributed by atoms with Gasteiger partial charge in [-0.05, 0) is 12.3 Å². The maximum Gasteiger partial charge on any atom is 0.333 e. The van der Waals surface area contributed by atoms with Crippen molar-refractivity contribution < 1.29 is 14.3 Å². The van der Waals surface area contributed by atoms with Gasteiger partial charge in [0.25, 0.3) is 0 Å².